The number of aliphatic carboxylic acids is 1. The molecule has 4 N–H and O–H groups in total. The summed E-state index contributed by atoms with van der Waals surface area (Å²) >= 11 is 0. The van der Waals surface area contributed by atoms with Crippen LogP contribution in [0.4, 0.5) is 14.9 Å². The first-order valence-corrected chi connectivity index (χ1v) is 10.9. The van der Waals surface area contributed by atoms with Crippen LogP contribution in [-0.4, -0.2) is 47.4 Å². The average Bonchev–Trinajstić information content (AvgIpc) is 3.17. The molecule has 0 aromatic heterocycles. The smallest absolute Gasteiger partial charge is 0.411 e. The fourth-order valence-corrected chi connectivity index (χ4v) is 4.18. The zero-order valence-electron chi connectivity index (χ0n) is 18.5. The van der Waals surface area contributed by atoms with Crippen LogP contribution in [0.1, 0.15) is 33.8 Å². The molecule has 0 saturated heterocycles. The number of aliphatic hydroxyl groups is 1. The molecule has 0 heterocycles. The van der Waals surface area contributed by atoms with Crippen molar-refractivity contribution in [2.24, 2.45) is 0 Å². The highest BCUT2D eigenvalue weighted by Gasteiger charge is 2.29. The van der Waals surface area contributed by atoms with Gasteiger partial charge in [-0.25, -0.2) is 14.0 Å². The second-order valence-electron chi connectivity index (χ2n) is 8.02. The number of carboxylic acid groups (broad SMARTS) is 1. The van der Waals surface area contributed by atoms with Crippen LogP contribution in [-0.2, 0) is 9.53 Å². The molecular formula is C26H23FN2O6. The Kier molecular flexibility index (Phi) is 7.07. The van der Waals surface area contributed by atoms with E-state index in [1.807, 2.05) is 48.5 Å². The highest BCUT2D eigenvalue weighted by Crippen LogP contribution is 2.44. The van der Waals surface area contributed by atoms with Gasteiger partial charge in [0.2, 0.25) is 0 Å². The van der Waals surface area contributed by atoms with E-state index in [1.165, 1.54) is 6.07 Å². The Hall–Kier alpha value is -4.24. The largest absolute Gasteiger partial charge is 0.480 e. The van der Waals surface area contributed by atoms with Crippen LogP contribution in [0.15, 0.2) is 66.7 Å². The van der Waals surface area contributed by atoms with Crippen LogP contribution in [0.3, 0.4) is 0 Å². The molecule has 8 nitrogen and oxygen atoms in total. The van der Waals surface area contributed by atoms with Gasteiger partial charge in [-0.05, 0) is 40.5 Å². The number of amides is 2. The zero-order chi connectivity index (χ0) is 24.9. The van der Waals surface area contributed by atoms with E-state index >= 15 is 0 Å². The predicted octanol–water partition coefficient (Wildman–Crippen LogP) is 3.75. The van der Waals surface area contributed by atoms with E-state index in [1.54, 1.807) is 0 Å². The molecule has 3 aromatic carbocycles. The number of nitrogens with one attached hydrogen (secondary N) is 2. The number of carboxylic acids is 1. The Bertz CT molecular complexity index is 1230. The van der Waals surface area contributed by atoms with Crippen molar-refractivity contribution in [3.05, 3.63) is 89.2 Å². The van der Waals surface area contributed by atoms with E-state index in [2.05, 4.69) is 10.6 Å². The summed E-state index contributed by atoms with van der Waals surface area (Å²) in [4.78, 5) is 36.5. The maximum absolute atomic E-state index is 13.8. The third-order valence-corrected chi connectivity index (χ3v) is 5.83. The Morgan fingerprint density at radius 3 is 2.20 bits per heavy atom. The van der Waals surface area contributed by atoms with Crippen LogP contribution in [0.2, 0.25) is 0 Å². The van der Waals surface area contributed by atoms with Crippen LogP contribution < -0.4 is 10.6 Å². The van der Waals surface area contributed by atoms with Crippen LogP contribution in [0.25, 0.3) is 11.1 Å². The molecule has 1 aliphatic carbocycles. The van der Waals surface area contributed by atoms with Crippen LogP contribution in [0, 0.1) is 5.82 Å². The Labute approximate surface area is 200 Å². The molecule has 35 heavy (non-hydrogen) atoms. The lowest BCUT2D eigenvalue weighted by atomic mass is 9.98. The van der Waals surface area contributed by atoms with Gasteiger partial charge >= 0.3 is 12.1 Å². The van der Waals surface area contributed by atoms with Gasteiger partial charge in [-0.3, -0.25) is 10.1 Å². The summed E-state index contributed by atoms with van der Waals surface area (Å²) in [5, 5.41) is 22.9. The number of ether oxygens (including phenoxy) is 1. The van der Waals surface area contributed by atoms with Crippen molar-refractivity contribution >= 4 is 23.7 Å². The molecule has 2 amide bonds. The van der Waals surface area contributed by atoms with E-state index in [4.69, 9.17) is 9.84 Å². The Morgan fingerprint density at radius 2 is 1.60 bits per heavy atom. The fraction of sp³-hybridized carbons (Fsp3) is 0.192. The molecule has 4 rings (SSSR count). The van der Waals surface area contributed by atoms with Gasteiger partial charge in [0.1, 0.15) is 18.5 Å². The summed E-state index contributed by atoms with van der Waals surface area (Å²) in [7, 11) is 0. The van der Waals surface area contributed by atoms with E-state index in [0.29, 0.717) is 0 Å². The fourth-order valence-electron chi connectivity index (χ4n) is 4.18. The number of hydrogen-bond donors (Lipinski definition) is 4. The minimum absolute atomic E-state index is 0.0418. The quantitative estimate of drug-likeness (QED) is 0.391. The van der Waals surface area contributed by atoms with Crippen molar-refractivity contribution < 1.29 is 33.7 Å². The lowest BCUT2D eigenvalue weighted by molar-refractivity contribution is -0.139. The summed E-state index contributed by atoms with van der Waals surface area (Å²) in [6.45, 7) is -0.425. The highest BCUT2D eigenvalue weighted by atomic mass is 19.1. The van der Waals surface area contributed by atoms with Crippen molar-refractivity contribution in [2.45, 2.75) is 18.4 Å². The second kappa shape index (κ2) is 10.4. The number of rotatable bonds is 8. The third kappa shape index (κ3) is 5.15. The normalized spacial score (nSPS) is 12.9. The van der Waals surface area contributed by atoms with Gasteiger partial charge in [0, 0.05) is 18.9 Å². The van der Waals surface area contributed by atoms with Gasteiger partial charge in [-0.2, -0.15) is 0 Å². The maximum atomic E-state index is 13.8. The molecule has 1 atom stereocenters. The molecule has 9 heteroatoms. The summed E-state index contributed by atoms with van der Waals surface area (Å²) in [6.07, 6.45) is -1.08. The number of aliphatic hydroxyl groups excluding tert-OH is 1. The van der Waals surface area contributed by atoms with Crippen molar-refractivity contribution in [1.82, 2.24) is 5.32 Å². The SMILES string of the molecule is O=C(Nc1ccc(F)cc1C(=O)N[C@@H](CCO)C(=O)O)OCC1c2ccccc2-c2ccccc21. The maximum Gasteiger partial charge on any atom is 0.411 e. The molecule has 1 aliphatic rings. The van der Waals surface area contributed by atoms with E-state index in [-0.39, 0.29) is 30.2 Å². The van der Waals surface area contributed by atoms with Gasteiger partial charge in [0.15, 0.2) is 0 Å². The first-order valence-electron chi connectivity index (χ1n) is 10.9. The molecule has 0 aliphatic heterocycles. The van der Waals surface area contributed by atoms with Gasteiger partial charge in [0.25, 0.3) is 5.91 Å². The van der Waals surface area contributed by atoms with Gasteiger partial charge in [0.05, 0.1) is 11.3 Å². The van der Waals surface area contributed by atoms with Crippen molar-refractivity contribution in [2.75, 3.05) is 18.5 Å². The molecule has 3 aromatic rings. The number of fused-ring (bicyclic) bond motifs is 3. The van der Waals surface area contributed by atoms with Gasteiger partial charge < -0.3 is 20.3 Å². The van der Waals surface area contributed by atoms with Crippen molar-refractivity contribution in [3.63, 3.8) is 0 Å². The minimum atomic E-state index is -1.38. The number of anilines is 1. The van der Waals surface area contributed by atoms with E-state index < -0.39 is 36.4 Å². The lowest BCUT2D eigenvalue weighted by Gasteiger charge is -2.17. The summed E-state index contributed by atoms with van der Waals surface area (Å²) < 4.78 is 19.3. The topological polar surface area (TPSA) is 125 Å². The molecular weight excluding hydrogens is 455 g/mol. The second-order valence-corrected chi connectivity index (χ2v) is 8.02. The van der Waals surface area contributed by atoms with E-state index in [0.717, 1.165) is 34.4 Å². The molecule has 0 spiro atoms. The molecule has 0 radical (unpaired) electrons. The predicted molar refractivity (Wildman–Crippen MR) is 126 cm³/mol. The summed E-state index contributed by atoms with van der Waals surface area (Å²) in [5.41, 5.74) is 3.90. The standard InChI is InChI=1S/C26H23FN2O6/c27-15-9-10-22(20(13-15)24(31)28-23(11-12-30)25(32)33)29-26(34)35-14-21-18-7-3-1-5-16(18)17-6-2-4-8-19(17)21/h1-10,13,21,23,30H,11-12,14H2,(H,28,31)(H,29,34)(H,32,33)/t23-/m0/s1. The van der Waals surface area contributed by atoms with Crippen molar-refractivity contribution in [1.29, 1.82) is 0 Å². The summed E-state index contributed by atoms with van der Waals surface area (Å²) in [6, 6.07) is 17.5. The molecule has 0 bridgehead atoms. The highest BCUT2D eigenvalue weighted by molar-refractivity contribution is 6.03. The monoisotopic (exact) mass is 478 g/mol. The van der Waals surface area contributed by atoms with E-state index in [9.17, 15) is 23.9 Å². The third-order valence-electron chi connectivity index (χ3n) is 5.83. The summed E-state index contributed by atoms with van der Waals surface area (Å²) in [5.74, 6) is -3.18. The molecule has 0 fully saturated rings. The number of halogens is 1. The zero-order valence-corrected chi connectivity index (χ0v) is 18.5. The Morgan fingerprint density at radius 1 is 0.971 bits per heavy atom. The average molecular weight is 478 g/mol. The number of carbonyl (C=O) groups excluding carboxylic acids is 2. The van der Waals surface area contributed by atoms with Crippen LogP contribution in [0.5, 0.6) is 0 Å². The lowest BCUT2D eigenvalue weighted by Crippen LogP contribution is -2.41. The van der Waals surface area contributed by atoms with Crippen molar-refractivity contribution in [3.8, 4) is 11.1 Å². The minimum Gasteiger partial charge on any atom is -0.480 e. The number of benzene rings is 3. The number of carbonyl (C=O) groups is 3. The number of hydrogen-bond acceptors (Lipinski definition) is 5. The molecule has 0 saturated carbocycles. The molecule has 180 valence electrons. The Balaban J connectivity index is 1.48. The van der Waals surface area contributed by atoms with Gasteiger partial charge in [-0.1, -0.05) is 48.5 Å². The molecule has 0 unspecified atom stereocenters. The first kappa shape index (κ1) is 23.9. The van der Waals surface area contributed by atoms with Gasteiger partial charge in [-0.15, -0.1) is 0 Å². The first-order chi connectivity index (χ1) is 16.9. The van der Waals surface area contributed by atoms with Crippen LogP contribution >= 0.6 is 0 Å².